The molecule has 2 rings (SSSR count). The Morgan fingerprint density at radius 2 is 2.08 bits per heavy atom. The second-order valence-electron chi connectivity index (χ2n) is 4.23. The van der Waals surface area contributed by atoms with Gasteiger partial charge in [0.05, 0.1) is 0 Å². The van der Waals surface area contributed by atoms with Crippen molar-refractivity contribution in [3.8, 4) is 0 Å². The average Bonchev–Trinajstić information content (AvgIpc) is 2.75. The van der Waals surface area contributed by atoms with Gasteiger partial charge in [-0.05, 0) is 48.5 Å². The molecule has 0 amide bonds. The first-order valence-electron chi connectivity index (χ1n) is 5.07. The van der Waals surface area contributed by atoms with E-state index < -0.39 is 5.97 Å². The number of thioether (sulfide) groups is 1. The third-order valence-electron chi connectivity index (χ3n) is 3.19. The van der Waals surface area contributed by atoms with Crippen LogP contribution in [0.15, 0.2) is 0 Å². The van der Waals surface area contributed by atoms with Crippen molar-refractivity contribution < 1.29 is 9.90 Å². The van der Waals surface area contributed by atoms with Gasteiger partial charge in [0.2, 0.25) is 0 Å². The molecule has 0 bridgehead atoms. The molecular formula is C10H16O2S. The Kier molecular flexibility index (Phi) is 2.82. The zero-order chi connectivity index (χ0) is 9.26. The summed E-state index contributed by atoms with van der Waals surface area (Å²) in [6.45, 7) is 0. The minimum absolute atomic E-state index is 0.377. The molecular weight excluding hydrogens is 184 g/mol. The number of carbonyl (C=O) groups is 1. The van der Waals surface area contributed by atoms with Gasteiger partial charge in [0.25, 0.3) is 0 Å². The minimum Gasteiger partial charge on any atom is -0.481 e. The average molecular weight is 200 g/mol. The first kappa shape index (κ1) is 9.38. The van der Waals surface area contributed by atoms with E-state index in [1.54, 1.807) is 0 Å². The lowest BCUT2D eigenvalue weighted by Crippen LogP contribution is -2.29. The van der Waals surface area contributed by atoms with E-state index in [1.165, 1.54) is 24.3 Å². The molecule has 1 aliphatic heterocycles. The molecule has 13 heavy (non-hydrogen) atoms. The summed E-state index contributed by atoms with van der Waals surface area (Å²) >= 11 is 2.01. The molecule has 0 aromatic carbocycles. The molecule has 1 N–H and O–H groups in total. The number of hydrogen-bond donors (Lipinski definition) is 1. The van der Waals surface area contributed by atoms with Crippen LogP contribution in [0.25, 0.3) is 0 Å². The first-order valence-corrected chi connectivity index (χ1v) is 6.22. The van der Waals surface area contributed by atoms with Gasteiger partial charge < -0.3 is 5.11 Å². The van der Waals surface area contributed by atoms with Gasteiger partial charge in [-0.2, -0.15) is 11.8 Å². The zero-order valence-corrected chi connectivity index (χ0v) is 8.55. The largest absolute Gasteiger partial charge is 0.481 e. The summed E-state index contributed by atoms with van der Waals surface area (Å²) in [5.74, 6) is 4.39. The molecule has 1 aliphatic carbocycles. The lowest BCUT2D eigenvalue weighted by Gasteiger charge is -2.33. The van der Waals surface area contributed by atoms with E-state index in [0.29, 0.717) is 6.42 Å². The molecule has 0 aromatic rings. The maximum absolute atomic E-state index is 10.5. The lowest BCUT2D eigenvalue weighted by atomic mass is 9.86. The van der Waals surface area contributed by atoms with Crippen LogP contribution in [0.2, 0.25) is 0 Å². The van der Waals surface area contributed by atoms with Crippen LogP contribution in [0.4, 0.5) is 0 Å². The summed E-state index contributed by atoms with van der Waals surface area (Å²) in [5, 5.41) is 8.63. The fourth-order valence-electron chi connectivity index (χ4n) is 2.17. The second-order valence-corrected chi connectivity index (χ2v) is 5.31. The number of carboxylic acid groups (broad SMARTS) is 1. The van der Waals surface area contributed by atoms with Gasteiger partial charge in [-0.15, -0.1) is 0 Å². The standard InChI is InChI=1S/C10H16O2S/c11-10(12)4-3-9(7-1-2-7)8-5-13-6-8/h7-9H,1-6H2,(H,11,12). The van der Waals surface area contributed by atoms with Crippen LogP contribution in [-0.2, 0) is 4.79 Å². The summed E-state index contributed by atoms with van der Waals surface area (Å²) in [6.07, 6.45) is 4.00. The van der Waals surface area contributed by atoms with E-state index in [9.17, 15) is 4.79 Å². The third-order valence-corrected chi connectivity index (χ3v) is 4.52. The highest BCUT2D eigenvalue weighted by Gasteiger charge is 2.38. The SMILES string of the molecule is O=C(O)CCC(C1CC1)C1CSC1. The predicted molar refractivity (Wildman–Crippen MR) is 53.9 cm³/mol. The minimum atomic E-state index is -0.627. The fourth-order valence-corrected chi connectivity index (χ4v) is 3.17. The van der Waals surface area contributed by atoms with Crippen LogP contribution in [-0.4, -0.2) is 22.6 Å². The van der Waals surface area contributed by atoms with Crippen molar-refractivity contribution in [2.75, 3.05) is 11.5 Å². The Bertz CT molecular complexity index is 197. The summed E-state index contributed by atoms with van der Waals surface area (Å²) in [7, 11) is 0. The first-order chi connectivity index (χ1) is 6.27. The van der Waals surface area contributed by atoms with Crippen molar-refractivity contribution in [3.63, 3.8) is 0 Å². The van der Waals surface area contributed by atoms with Crippen molar-refractivity contribution in [2.24, 2.45) is 17.8 Å². The Morgan fingerprint density at radius 3 is 2.46 bits per heavy atom. The van der Waals surface area contributed by atoms with Gasteiger partial charge in [0, 0.05) is 6.42 Å². The molecule has 2 nitrogen and oxygen atoms in total. The predicted octanol–water partition coefficient (Wildman–Crippen LogP) is 2.24. The molecule has 1 atom stereocenters. The molecule has 1 saturated carbocycles. The maximum atomic E-state index is 10.5. The normalized spacial score (nSPS) is 25.2. The van der Waals surface area contributed by atoms with Gasteiger partial charge in [-0.25, -0.2) is 0 Å². The topological polar surface area (TPSA) is 37.3 Å². The van der Waals surface area contributed by atoms with Crippen LogP contribution in [0.5, 0.6) is 0 Å². The van der Waals surface area contributed by atoms with Crippen LogP contribution < -0.4 is 0 Å². The number of hydrogen-bond acceptors (Lipinski definition) is 2. The smallest absolute Gasteiger partial charge is 0.303 e. The second kappa shape index (κ2) is 3.91. The van der Waals surface area contributed by atoms with Gasteiger partial charge in [0.15, 0.2) is 0 Å². The summed E-state index contributed by atoms with van der Waals surface area (Å²) in [5.41, 5.74) is 0. The van der Waals surface area contributed by atoms with Crippen molar-refractivity contribution in [3.05, 3.63) is 0 Å². The van der Waals surface area contributed by atoms with Gasteiger partial charge >= 0.3 is 5.97 Å². The van der Waals surface area contributed by atoms with Crippen molar-refractivity contribution >= 4 is 17.7 Å². The van der Waals surface area contributed by atoms with E-state index in [2.05, 4.69) is 0 Å². The van der Waals surface area contributed by atoms with Crippen LogP contribution >= 0.6 is 11.8 Å². The van der Waals surface area contributed by atoms with Crippen molar-refractivity contribution in [2.45, 2.75) is 25.7 Å². The zero-order valence-electron chi connectivity index (χ0n) is 7.74. The fraction of sp³-hybridized carbons (Fsp3) is 0.900. The molecule has 1 saturated heterocycles. The van der Waals surface area contributed by atoms with Crippen molar-refractivity contribution in [1.82, 2.24) is 0 Å². The molecule has 74 valence electrons. The Hall–Kier alpha value is -0.180. The molecule has 0 spiro atoms. The molecule has 1 unspecified atom stereocenters. The molecule has 3 heteroatoms. The summed E-state index contributed by atoms with van der Waals surface area (Å²) < 4.78 is 0. The Labute approximate surface area is 83.1 Å². The van der Waals surface area contributed by atoms with Gasteiger partial charge in [-0.1, -0.05) is 0 Å². The van der Waals surface area contributed by atoms with Gasteiger partial charge in [0.1, 0.15) is 0 Å². The lowest BCUT2D eigenvalue weighted by molar-refractivity contribution is -0.137. The summed E-state index contributed by atoms with van der Waals surface area (Å²) in [4.78, 5) is 10.5. The molecule has 2 fully saturated rings. The molecule has 0 radical (unpaired) electrons. The van der Waals surface area contributed by atoms with E-state index in [-0.39, 0.29) is 0 Å². The molecule has 1 heterocycles. The number of carboxylic acids is 1. The maximum Gasteiger partial charge on any atom is 0.303 e. The highest BCUT2D eigenvalue weighted by Crippen LogP contribution is 2.47. The number of rotatable bonds is 5. The Balaban J connectivity index is 1.78. The third kappa shape index (κ3) is 2.39. The molecule has 0 aromatic heterocycles. The van der Waals surface area contributed by atoms with E-state index >= 15 is 0 Å². The van der Waals surface area contributed by atoms with Crippen LogP contribution in [0.1, 0.15) is 25.7 Å². The molecule has 2 aliphatic rings. The number of aliphatic carboxylic acids is 1. The quantitative estimate of drug-likeness (QED) is 0.739. The highest BCUT2D eigenvalue weighted by atomic mass is 32.2. The monoisotopic (exact) mass is 200 g/mol. The van der Waals surface area contributed by atoms with E-state index in [4.69, 9.17) is 5.11 Å². The van der Waals surface area contributed by atoms with E-state index in [1.807, 2.05) is 11.8 Å². The Morgan fingerprint density at radius 1 is 1.38 bits per heavy atom. The van der Waals surface area contributed by atoms with Crippen LogP contribution in [0.3, 0.4) is 0 Å². The van der Waals surface area contributed by atoms with E-state index in [0.717, 1.165) is 24.2 Å². The van der Waals surface area contributed by atoms with Crippen molar-refractivity contribution in [1.29, 1.82) is 0 Å². The van der Waals surface area contributed by atoms with Crippen LogP contribution in [0, 0.1) is 17.8 Å². The van der Waals surface area contributed by atoms with Gasteiger partial charge in [-0.3, -0.25) is 4.79 Å². The highest BCUT2D eigenvalue weighted by molar-refractivity contribution is 8.00. The summed E-state index contributed by atoms with van der Waals surface area (Å²) in [6, 6.07) is 0.